The van der Waals surface area contributed by atoms with E-state index in [0.717, 1.165) is 70.6 Å². The lowest BCUT2D eigenvalue weighted by Gasteiger charge is -2.37. The fourth-order valence-corrected chi connectivity index (χ4v) is 7.78. The second-order valence-electron chi connectivity index (χ2n) is 14.1. The molecule has 0 aromatic heterocycles. The largest absolute Gasteiger partial charge is 0.393 e. The highest BCUT2D eigenvalue weighted by Gasteiger charge is 2.39. The van der Waals surface area contributed by atoms with Gasteiger partial charge in [0.25, 0.3) is 0 Å². The fraction of sp³-hybridized carbons (Fsp3) is 0.861. The van der Waals surface area contributed by atoms with Crippen molar-refractivity contribution in [1.82, 2.24) is 20.7 Å². The molecule has 4 N–H and O–H groups in total. The van der Waals surface area contributed by atoms with Crippen molar-refractivity contribution in [2.75, 3.05) is 26.2 Å². The summed E-state index contributed by atoms with van der Waals surface area (Å²) in [6.07, 6.45) is 17.7. The Morgan fingerprint density at radius 3 is 2.04 bits per heavy atom. The smallest absolute Gasteiger partial charge is 0.237 e. The average molecular weight is 631 g/mol. The zero-order valence-corrected chi connectivity index (χ0v) is 28.4. The van der Waals surface area contributed by atoms with Gasteiger partial charge in [-0.1, -0.05) is 40.0 Å². The molecular weight excluding hydrogens is 568 g/mol. The Morgan fingerprint density at radius 1 is 0.822 bits per heavy atom. The minimum Gasteiger partial charge on any atom is -0.393 e. The molecule has 0 bridgehead atoms. The summed E-state index contributed by atoms with van der Waals surface area (Å²) in [6.45, 7) is 8.41. The molecule has 3 aliphatic carbocycles. The number of hydrogen-bond acceptors (Lipinski definition) is 6. The van der Waals surface area contributed by atoms with E-state index < -0.39 is 18.1 Å². The van der Waals surface area contributed by atoms with Gasteiger partial charge in [0.05, 0.1) is 18.2 Å². The Hall–Kier alpha value is -2.15. The van der Waals surface area contributed by atoms with Gasteiger partial charge in [-0.2, -0.15) is 0 Å². The monoisotopic (exact) mass is 630 g/mol. The SMILES string of the molecule is C#CC1CC(C(=O)NC(CC2CCC(O)CC2)C(O)CN(CCC)NC(=O)C2CCCCC2)CC(C(=O)N(CCC)CCC)C1. The van der Waals surface area contributed by atoms with Gasteiger partial charge in [-0.05, 0) is 89.4 Å². The van der Waals surface area contributed by atoms with Crippen molar-refractivity contribution in [3.05, 3.63) is 0 Å². The summed E-state index contributed by atoms with van der Waals surface area (Å²) in [5.41, 5.74) is 3.09. The quantitative estimate of drug-likeness (QED) is 0.148. The molecule has 9 nitrogen and oxygen atoms in total. The number of nitrogens with one attached hydrogen (secondary N) is 2. The molecule has 0 aromatic carbocycles. The van der Waals surface area contributed by atoms with Crippen LogP contribution < -0.4 is 10.7 Å². The van der Waals surface area contributed by atoms with Gasteiger partial charge in [0.2, 0.25) is 17.7 Å². The van der Waals surface area contributed by atoms with Crippen LogP contribution in [-0.2, 0) is 14.4 Å². The van der Waals surface area contributed by atoms with Gasteiger partial charge in [-0.25, -0.2) is 5.01 Å². The highest BCUT2D eigenvalue weighted by atomic mass is 16.3. The normalized spacial score (nSPS) is 27.3. The Kier molecular flexibility index (Phi) is 16.2. The summed E-state index contributed by atoms with van der Waals surface area (Å²) in [5.74, 6) is 2.26. The van der Waals surface area contributed by atoms with Crippen LogP contribution in [0.5, 0.6) is 0 Å². The van der Waals surface area contributed by atoms with Crippen LogP contribution in [0, 0.1) is 41.9 Å². The second-order valence-corrected chi connectivity index (χ2v) is 14.1. The molecule has 0 spiro atoms. The number of terminal acetylenes is 1. The molecule has 0 aliphatic heterocycles. The summed E-state index contributed by atoms with van der Waals surface area (Å²) < 4.78 is 0. The van der Waals surface area contributed by atoms with Crippen molar-refractivity contribution >= 4 is 17.7 Å². The van der Waals surface area contributed by atoms with Crippen LogP contribution in [0.3, 0.4) is 0 Å². The van der Waals surface area contributed by atoms with Crippen LogP contribution in [0.4, 0.5) is 0 Å². The number of rotatable bonds is 16. The molecule has 9 heteroatoms. The van der Waals surface area contributed by atoms with E-state index in [1.165, 1.54) is 6.42 Å². The third-order valence-electron chi connectivity index (χ3n) is 10.3. The molecule has 5 unspecified atom stereocenters. The predicted octanol–water partition coefficient (Wildman–Crippen LogP) is 4.41. The van der Waals surface area contributed by atoms with E-state index in [4.69, 9.17) is 6.42 Å². The van der Waals surface area contributed by atoms with Gasteiger partial charge in [0.15, 0.2) is 0 Å². The Bertz CT molecular complexity index is 950. The molecule has 256 valence electrons. The fourth-order valence-electron chi connectivity index (χ4n) is 7.78. The molecule has 0 heterocycles. The third kappa shape index (κ3) is 11.9. The maximum Gasteiger partial charge on any atom is 0.237 e. The Labute approximate surface area is 272 Å². The number of carbonyl (C=O) groups is 3. The van der Waals surface area contributed by atoms with E-state index in [1.807, 2.05) is 16.8 Å². The number of nitrogens with zero attached hydrogens (tertiary/aromatic N) is 2. The first-order valence-corrected chi connectivity index (χ1v) is 18.2. The van der Waals surface area contributed by atoms with E-state index in [9.17, 15) is 24.6 Å². The van der Waals surface area contributed by atoms with E-state index in [0.29, 0.717) is 45.3 Å². The van der Waals surface area contributed by atoms with E-state index >= 15 is 0 Å². The molecule has 0 saturated heterocycles. The van der Waals surface area contributed by atoms with Crippen LogP contribution in [0.2, 0.25) is 0 Å². The second kappa shape index (κ2) is 19.5. The predicted molar refractivity (Wildman–Crippen MR) is 177 cm³/mol. The summed E-state index contributed by atoms with van der Waals surface area (Å²) >= 11 is 0. The molecular formula is C36H62N4O5. The number of carbonyl (C=O) groups excluding carboxylic acids is 3. The van der Waals surface area contributed by atoms with Crippen molar-refractivity contribution in [1.29, 1.82) is 0 Å². The van der Waals surface area contributed by atoms with Crippen molar-refractivity contribution in [2.24, 2.45) is 29.6 Å². The van der Waals surface area contributed by atoms with Crippen LogP contribution in [0.25, 0.3) is 0 Å². The zero-order chi connectivity index (χ0) is 32.8. The van der Waals surface area contributed by atoms with Crippen molar-refractivity contribution in [2.45, 2.75) is 142 Å². The molecule has 45 heavy (non-hydrogen) atoms. The molecule has 3 saturated carbocycles. The van der Waals surface area contributed by atoms with Crippen molar-refractivity contribution < 1.29 is 24.6 Å². The molecule has 3 rings (SSSR count). The summed E-state index contributed by atoms with van der Waals surface area (Å²) in [7, 11) is 0. The number of amides is 3. The molecule has 0 aromatic rings. The first kappa shape index (κ1) is 37.3. The van der Waals surface area contributed by atoms with E-state index in [-0.39, 0.29) is 54.0 Å². The van der Waals surface area contributed by atoms with Crippen molar-refractivity contribution in [3.8, 4) is 12.3 Å². The lowest BCUT2D eigenvalue weighted by atomic mass is 9.74. The van der Waals surface area contributed by atoms with Gasteiger partial charge in [-0.15, -0.1) is 12.3 Å². The van der Waals surface area contributed by atoms with E-state index in [2.05, 4.69) is 30.5 Å². The summed E-state index contributed by atoms with van der Waals surface area (Å²) in [4.78, 5) is 42.4. The lowest BCUT2D eigenvalue weighted by molar-refractivity contribution is -0.139. The number of hydrazine groups is 1. The Morgan fingerprint density at radius 2 is 1.44 bits per heavy atom. The molecule has 3 amide bonds. The molecule has 5 atom stereocenters. The third-order valence-corrected chi connectivity index (χ3v) is 10.3. The van der Waals surface area contributed by atoms with E-state index in [1.54, 1.807) is 0 Å². The maximum atomic E-state index is 13.9. The van der Waals surface area contributed by atoms with Crippen LogP contribution >= 0.6 is 0 Å². The van der Waals surface area contributed by atoms with Crippen LogP contribution in [0.15, 0.2) is 0 Å². The number of hydrogen-bond donors (Lipinski definition) is 4. The summed E-state index contributed by atoms with van der Waals surface area (Å²) in [6, 6.07) is -0.513. The molecule has 3 aliphatic rings. The van der Waals surface area contributed by atoms with Gasteiger partial charge in [-0.3, -0.25) is 19.8 Å². The highest BCUT2D eigenvalue weighted by Crippen LogP contribution is 2.35. The topological polar surface area (TPSA) is 122 Å². The minimum atomic E-state index is -0.895. The van der Waals surface area contributed by atoms with Crippen LogP contribution in [0.1, 0.15) is 124 Å². The number of aliphatic hydroxyl groups is 2. The molecule has 3 fully saturated rings. The van der Waals surface area contributed by atoms with Gasteiger partial charge < -0.3 is 20.4 Å². The lowest BCUT2D eigenvalue weighted by Crippen LogP contribution is -2.55. The van der Waals surface area contributed by atoms with Crippen LogP contribution in [-0.4, -0.2) is 82.3 Å². The number of aliphatic hydroxyl groups excluding tert-OH is 2. The molecule has 0 radical (unpaired) electrons. The highest BCUT2D eigenvalue weighted by molar-refractivity contribution is 5.83. The first-order chi connectivity index (χ1) is 21.7. The standard InChI is InChI=1S/C36H62N4O5/c1-5-18-39(19-6-2)36(45)30-22-26(8-4)21-29(24-30)34(43)37-32(23-27-14-16-31(41)17-15-27)33(42)25-40(20-7-3)38-35(44)28-12-10-9-11-13-28/h4,26-33,41-42H,5-7,9-25H2,1-3H3,(H,37,43)(H,38,44). The zero-order valence-electron chi connectivity index (χ0n) is 28.4. The minimum absolute atomic E-state index is 0.0102. The van der Waals surface area contributed by atoms with Gasteiger partial charge >= 0.3 is 0 Å². The van der Waals surface area contributed by atoms with Gasteiger partial charge in [0.1, 0.15) is 0 Å². The maximum absolute atomic E-state index is 13.9. The average Bonchev–Trinajstić information content (AvgIpc) is 3.05. The van der Waals surface area contributed by atoms with Gasteiger partial charge in [0, 0.05) is 49.9 Å². The summed E-state index contributed by atoms with van der Waals surface area (Å²) in [5, 5.41) is 26.7. The van der Waals surface area contributed by atoms with Crippen molar-refractivity contribution in [3.63, 3.8) is 0 Å². The Balaban J connectivity index is 1.72. The first-order valence-electron chi connectivity index (χ1n) is 18.2.